The average molecular weight is 205 g/mol. The van der Waals surface area contributed by atoms with E-state index < -0.39 is 0 Å². The van der Waals surface area contributed by atoms with E-state index in [9.17, 15) is 4.79 Å². The predicted molar refractivity (Wildman–Crippen MR) is 53.8 cm³/mol. The van der Waals surface area contributed by atoms with E-state index in [2.05, 4.69) is 19.9 Å². The highest BCUT2D eigenvalue weighted by Crippen LogP contribution is 2.16. The van der Waals surface area contributed by atoms with Crippen molar-refractivity contribution >= 4 is 35.0 Å². The largest absolute Gasteiger partial charge is 0.382 e. The Labute approximate surface area is 83.5 Å². The van der Waals surface area contributed by atoms with Crippen molar-refractivity contribution in [2.24, 2.45) is 0 Å². The van der Waals surface area contributed by atoms with Crippen LogP contribution in [0.1, 0.15) is 10.5 Å². The minimum atomic E-state index is -0.0208. The number of nitrogen functional groups attached to an aromatic ring is 3. The van der Waals surface area contributed by atoms with Crippen LogP contribution in [0.5, 0.6) is 0 Å². The first-order valence-corrected chi connectivity index (χ1v) is 3.93. The summed E-state index contributed by atoms with van der Waals surface area (Å²) in [6, 6.07) is 0. The van der Waals surface area contributed by atoms with Crippen molar-refractivity contribution in [3.8, 4) is 0 Å². The van der Waals surface area contributed by atoms with E-state index >= 15 is 0 Å². The summed E-state index contributed by atoms with van der Waals surface area (Å²) in [7, 11) is 0. The van der Waals surface area contributed by atoms with E-state index in [0.29, 0.717) is 6.29 Å². The summed E-state index contributed by atoms with van der Waals surface area (Å²) in [5.74, 6) is 0.0238. The highest BCUT2D eigenvalue weighted by atomic mass is 16.1. The van der Waals surface area contributed by atoms with E-state index in [1.165, 1.54) is 0 Å². The molecule has 0 bridgehead atoms. The van der Waals surface area contributed by atoms with Crippen LogP contribution in [0.4, 0.5) is 17.6 Å². The molecule has 0 saturated carbocycles. The van der Waals surface area contributed by atoms with Gasteiger partial charge in [-0.25, -0.2) is 9.97 Å². The molecular weight excluding hydrogens is 198 g/mol. The van der Waals surface area contributed by atoms with Gasteiger partial charge in [0.15, 0.2) is 29.1 Å². The van der Waals surface area contributed by atoms with Gasteiger partial charge in [0, 0.05) is 0 Å². The molecule has 76 valence electrons. The van der Waals surface area contributed by atoms with Crippen molar-refractivity contribution < 1.29 is 4.79 Å². The van der Waals surface area contributed by atoms with Crippen LogP contribution < -0.4 is 17.2 Å². The highest BCUT2D eigenvalue weighted by Gasteiger charge is 2.10. The number of rotatable bonds is 1. The van der Waals surface area contributed by atoms with Gasteiger partial charge in [-0.1, -0.05) is 0 Å². The molecule has 0 unspecified atom stereocenters. The topological polar surface area (TPSA) is 147 Å². The lowest BCUT2D eigenvalue weighted by Crippen LogP contribution is -2.07. The maximum Gasteiger partial charge on any atom is 0.224 e. The number of nitrogens with two attached hydrogens (primary N) is 3. The first-order valence-electron chi connectivity index (χ1n) is 3.93. The Balaban J connectivity index is 2.87. The summed E-state index contributed by atoms with van der Waals surface area (Å²) in [6.45, 7) is 0. The SMILES string of the molecule is Nc1nc(N)c2nc(C=O)c(N)nc2n1. The van der Waals surface area contributed by atoms with Crippen LogP contribution in [0.3, 0.4) is 0 Å². The van der Waals surface area contributed by atoms with Gasteiger partial charge >= 0.3 is 0 Å². The monoisotopic (exact) mass is 205 g/mol. The lowest BCUT2D eigenvalue weighted by molar-refractivity contribution is 0.112. The van der Waals surface area contributed by atoms with Crippen LogP contribution in [-0.4, -0.2) is 26.2 Å². The minimum absolute atomic E-state index is 0.00238. The third kappa shape index (κ3) is 1.37. The number of hydrogen-bond acceptors (Lipinski definition) is 8. The lowest BCUT2D eigenvalue weighted by Gasteiger charge is -2.02. The summed E-state index contributed by atoms with van der Waals surface area (Å²) in [5.41, 5.74) is 16.7. The molecule has 0 aliphatic rings. The molecule has 2 rings (SSSR count). The van der Waals surface area contributed by atoms with Crippen LogP contribution in [0, 0.1) is 0 Å². The van der Waals surface area contributed by atoms with Crippen LogP contribution in [0.2, 0.25) is 0 Å². The number of aromatic nitrogens is 4. The fraction of sp³-hybridized carbons (Fsp3) is 0. The van der Waals surface area contributed by atoms with E-state index in [1.807, 2.05) is 0 Å². The quantitative estimate of drug-likeness (QED) is 0.501. The zero-order chi connectivity index (χ0) is 11.0. The van der Waals surface area contributed by atoms with Crippen molar-refractivity contribution in [1.29, 1.82) is 0 Å². The second kappa shape index (κ2) is 3.01. The summed E-state index contributed by atoms with van der Waals surface area (Å²) in [6.07, 6.45) is 0.484. The summed E-state index contributed by atoms with van der Waals surface area (Å²) >= 11 is 0. The zero-order valence-electron chi connectivity index (χ0n) is 7.51. The molecule has 0 saturated heterocycles. The Kier molecular flexibility index (Phi) is 1.82. The van der Waals surface area contributed by atoms with Gasteiger partial charge in [0.25, 0.3) is 0 Å². The van der Waals surface area contributed by atoms with Gasteiger partial charge in [-0.15, -0.1) is 0 Å². The molecule has 6 N–H and O–H groups in total. The van der Waals surface area contributed by atoms with Gasteiger partial charge in [0.1, 0.15) is 5.69 Å². The molecule has 0 aromatic carbocycles. The molecule has 0 aliphatic carbocycles. The number of carbonyl (C=O) groups excluding carboxylic acids is 1. The molecule has 0 amide bonds. The summed E-state index contributed by atoms with van der Waals surface area (Å²) in [5, 5.41) is 0. The zero-order valence-corrected chi connectivity index (χ0v) is 7.51. The standard InChI is InChI=1S/C7H7N7O/c8-4-2(1-15)11-3-5(9)13-7(10)14-6(3)12-4/h1H,(H6,8,9,10,12,13,14). The molecule has 0 aliphatic heterocycles. The first-order chi connectivity index (χ1) is 7.11. The third-order valence-electron chi connectivity index (χ3n) is 1.74. The molecule has 2 aromatic rings. The average Bonchev–Trinajstić information content (AvgIpc) is 2.16. The Bertz CT molecular complexity index is 553. The Morgan fingerprint density at radius 1 is 0.933 bits per heavy atom. The second-order valence-corrected chi connectivity index (χ2v) is 2.75. The van der Waals surface area contributed by atoms with Crippen molar-refractivity contribution in [1.82, 2.24) is 19.9 Å². The second-order valence-electron chi connectivity index (χ2n) is 2.75. The molecule has 8 nitrogen and oxygen atoms in total. The molecule has 0 atom stereocenters. The van der Waals surface area contributed by atoms with Crippen molar-refractivity contribution in [2.45, 2.75) is 0 Å². The van der Waals surface area contributed by atoms with Gasteiger partial charge in [0.2, 0.25) is 5.95 Å². The molecule has 0 spiro atoms. The number of hydrogen-bond donors (Lipinski definition) is 3. The van der Waals surface area contributed by atoms with E-state index in [4.69, 9.17) is 17.2 Å². The fourth-order valence-corrected chi connectivity index (χ4v) is 1.10. The lowest BCUT2D eigenvalue weighted by atomic mass is 10.4. The molecule has 2 aromatic heterocycles. The van der Waals surface area contributed by atoms with Gasteiger partial charge in [0.05, 0.1) is 0 Å². The summed E-state index contributed by atoms with van der Waals surface area (Å²) in [4.78, 5) is 25.8. The molecule has 0 radical (unpaired) electrons. The Morgan fingerprint density at radius 2 is 1.67 bits per heavy atom. The number of anilines is 3. The first kappa shape index (κ1) is 9.06. The molecule has 8 heteroatoms. The predicted octanol–water partition coefficient (Wildman–Crippen LogP) is -1.02. The van der Waals surface area contributed by atoms with Gasteiger partial charge in [-0.2, -0.15) is 9.97 Å². The van der Waals surface area contributed by atoms with Crippen molar-refractivity contribution in [3.63, 3.8) is 0 Å². The third-order valence-corrected chi connectivity index (χ3v) is 1.74. The number of nitrogens with zero attached hydrogens (tertiary/aromatic N) is 4. The molecule has 15 heavy (non-hydrogen) atoms. The summed E-state index contributed by atoms with van der Waals surface area (Å²) < 4.78 is 0. The van der Waals surface area contributed by atoms with Gasteiger partial charge in [-0.05, 0) is 0 Å². The number of aldehydes is 1. The minimum Gasteiger partial charge on any atom is -0.382 e. The van der Waals surface area contributed by atoms with Crippen LogP contribution in [0.15, 0.2) is 0 Å². The van der Waals surface area contributed by atoms with E-state index in [0.717, 1.165) is 0 Å². The molecular formula is C7H7N7O. The van der Waals surface area contributed by atoms with Gasteiger partial charge in [-0.3, -0.25) is 4.79 Å². The van der Waals surface area contributed by atoms with Crippen LogP contribution in [-0.2, 0) is 0 Å². The maximum absolute atomic E-state index is 10.6. The number of carbonyl (C=O) groups is 1. The van der Waals surface area contributed by atoms with Crippen LogP contribution >= 0.6 is 0 Å². The maximum atomic E-state index is 10.6. The molecule has 2 heterocycles. The highest BCUT2D eigenvalue weighted by molar-refractivity contribution is 5.88. The van der Waals surface area contributed by atoms with Crippen LogP contribution in [0.25, 0.3) is 11.2 Å². The van der Waals surface area contributed by atoms with Gasteiger partial charge < -0.3 is 17.2 Å². The Morgan fingerprint density at radius 3 is 2.33 bits per heavy atom. The number of fused-ring (bicyclic) bond motifs is 1. The normalized spacial score (nSPS) is 10.4. The van der Waals surface area contributed by atoms with Crippen molar-refractivity contribution in [3.05, 3.63) is 5.69 Å². The fourth-order valence-electron chi connectivity index (χ4n) is 1.10. The Hall–Kier alpha value is -2.51. The van der Waals surface area contributed by atoms with E-state index in [1.54, 1.807) is 0 Å². The van der Waals surface area contributed by atoms with Crippen molar-refractivity contribution in [2.75, 3.05) is 17.2 Å². The smallest absolute Gasteiger partial charge is 0.224 e. The van der Waals surface area contributed by atoms with E-state index in [-0.39, 0.29) is 34.4 Å². The molecule has 0 fully saturated rings.